The molecule has 0 fully saturated rings. The summed E-state index contributed by atoms with van der Waals surface area (Å²) in [6.45, 7) is 28.1. The summed E-state index contributed by atoms with van der Waals surface area (Å²) in [6, 6.07) is 7.46. The predicted molar refractivity (Wildman–Crippen MR) is 177 cm³/mol. The summed E-state index contributed by atoms with van der Waals surface area (Å²) in [5, 5.41) is 21.3. The van der Waals surface area contributed by atoms with Gasteiger partial charge >= 0.3 is 16.5 Å². The zero-order valence-corrected chi connectivity index (χ0v) is 32.5. The monoisotopic (exact) mass is 712 g/mol. The molecular formula is C34H56NiO8P2. The molecule has 2 aromatic carbocycles. The molecule has 8 nitrogen and oxygen atoms in total. The summed E-state index contributed by atoms with van der Waals surface area (Å²) in [6.07, 6.45) is 0.0889. The second-order valence-corrected chi connectivity index (χ2v) is 16.9. The van der Waals surface area contributed by atoms with E-state index in [-0.39, 0.29) is 49.7 Å². The standard InChI is InChI=1S/2C17H29O4P.Ni/c2*1-8-14(21-22(19)20)11-9-12(16(2,3)4)15(18)13(10-11)17(5,6)7;/h2*9-10,14,18,22H,8H2,1-7H3,(H,19,20);/q;;+2/p-2. The Labute approximate surface area is 283 Å². The van der Waals surface area contributed by atoms with Gasteiger partial charge in [0.25, 0.3) is 0 Å². The molecule has 0 radical (unpaired) electrons. The third-order valence-electron chi connectivity index (χ3n) is 7.46. The van der Waals surface area contributed by atoms with Gasteiger partial charge in [-0.3, -0.25) is 0 Å². The average molecular weight is 713 g/mol. The van der Waals surface area contributed by atoms with Crippen LogP contribution in [0.3, 0.4) is 0 Å². The Morgan fingerprint density at radius 2 is 0.778 bits per heavy atom. The van der Waals surface area contributed by atoms with Crippen molar-refractivity contribution in [3.05, 3.63) is 57.6 Å². The maximum absolute atomic E-state index is 11.0. The molecule has 0 saturated carbocycles. The Bertz CT molecular complexity index is 1140. The van der Waals surface area contributed by atoms with Crippen molar-refractivity contribution in [1.82, 2.24) is 0 Å². The largest absolute Gasteiger partial charge is 2.00 e. The molecule has 4 atom stereocenters. The van der Waals surface area contributed by atoms with Crippen LogP contribution in [0.25, 0.3) is 0 Å². The van der Waals surface area contributed by atoms with Crippen LogP contribution >= 0.6 is 16.5 Å². The van der Waals surface area contributed by atoms with Crippen LogP contribution in [0, 0.1) is 0 Å². The number of hydrogen-bond acceptors (Lipinski definition) is 8. The maximum Gasteiger partial charge on any atom is 2.00 e. The van der Waals surface area contributed by atoms with Crippen molar-refractivity contribution in [2.75, 3.05) is 0 Å². The Morgan fingerprint density at radius 1 is 0.578 bits per heavy atom. The summed E-state index contributed by atoms with van der Waals surface area (Å²) < 4.78 is 32.1. The van der Waals surface area contributed by atoms with E-state index in [1.807, 2.05) is 121 Å². The van der Waals surface area contributed by atoms with Crippen molar-refractivity contribution in [2.24, 2.45) is 0 Å². The summed E-state index contributed by atoms with van der Waals surface area (Å²) in [5.74, 6) is 0.571. The minimum Gasteiger partial charge on any atom is -0.781 e. The molecule has 0 spiro atoms. The van der Waals surface area contributed by atoms with Crippen LogP contribution in [0.1, 0.15) is 155 Å². The van der Waals surface area contributed by atoms with Crippen molar-refractivity contribution in [3.63, 3.8) is 0 Å². The van der Waals surface area contributed by atoms with Gasteiger partial charge in [-0.1, -0.05) is 96.9 Å². The average Bonchev–Trinajstić information content (AvgIpc) is 2.83. The van der Waals surface area contributed by atoms with E-state index in [1.165, 1.54) is 0 Å². The van der Waals surface area contributed by atoms with Crippen LogP contribution in [0.15, 0.2) is 24.3 Å². The smallest absolute Gasteiger partial charge is 0.781 e. The van der Waals surface area contributed by atoms with Crippen molar-refractivity contribution in [1.29, 1.82) is 0 Å². The zero-order valence-electron chi connectivity index (χ0n) is 29.5. The first kappa shape index (κ1) is 43.8. The van der Waals surface area contributed by atoms with Gasteiger partial charge in [-0.15, -0.1) is 0 Å². The molecule has 0 aromatic heterocycles. The molecule has 0 amide bonds. The second kappa shape index (κ2) is 16.8. The summed E-state index contributed by atoms with van der Waals surface area (Å²) >= 11 is 0. The number of hydrogen-bond donors (Lipinski definition) is 2. The molecule has 0 aliphatic rings. The number of phenols is 2. The van der Waals surface area contributed by atoms with E-state index in [4.69, 9.17) is 9.05 Å². The van der Waals surface area contributed by atoms with Crippen LogP contribution in [0.5, 0.6) is 11.5 Å². The fraction of sp³-hybridized carbons (Fsp3) is 0.647. The number of rotatable bonds is 8. The number of aromatic hydroxyl groups is 2. The fourth-order valence-electron chi connectivity index (χ4n) is 4.98. The molecule has 45 heavy (non-hydrogen) atoms. The van der Waals surface area contributed by atoms with E-state index in [2.05, 4.69) is 0 Å². The Morgan fingerprint density at radius 3 is 0.911 bits per heavy atom. The van der Waals surface area contributed by atoms with Crippen LogP contribution in [0.2, 0.25) is 0 Å². The normalized spacial score (nSPS) is 15.3. The summed E-state index contributed by atoms with van der Waals surface area (Å²) in [5.41, 5.74) is 3.83. The molecule has 0 saturated heterocycles. The van der Waals surface area contributed by atoms with Crippen molar-refractivity contribution in [3.8, 4) is 11.5 Å². The molecule has 0 heterocycles. The molecule has 0 aliphatic heterocycles. The van der Waals surface area contributed by atoms with Gasteiger partial charge in [0.2, 0.25) is 0 Å². The van der Waals surface area contributed by atoms with Gasteiger partial charge in [0.05, 0.1) is 12.2 Å². The van der Waals surface area contributed by atoms with Crippen LogP contribution in [0.4, 0.5) is 0 Å². The van der Waals surface area contributed by atoms with Gasteiger partial charge in [-0.05, 0) is 92.1 Å². The van der Waals surface area contributed by atoms with Gasteiger partial charge in [0.15, 0.2) is 0 Å². The number of phenolic OH excluding ortho intramolecular Hbond substituents is 2. The van der Waals surface area contributed by atoms with E-state index < -0.39 is 28.7 Å². The molecular weight excluding hydrogens is 657 g/mol. The van der Waals surface area contributed by atoms with Gasteiger partial charge in [0.1, 0.15) is 28.0 Å². The van der Waals surface area contributed by atoms with E-state index >= 15 is 0 Å². The summed E-state index contributed by atoms with van der Waals surface area (Å²) in [7, 11) is -6.52. The molecule has 0 bridgehead atoms. The minimum atomic E-state index is -3.26. The second-order valence-electron chi connectivity index (χ2n) is 15.5. The van der Waals surface area contributed by atoms with Crippen molar-refractivity contribution in [2.45, 2.75) is 144 Å². The van der Waals surface area contributed by atoms with Crippen LogP contribution < -0.4 is 9.79 Å². The number of benzene rings is 2. The van der Waals surface area contributed by atoms with E-state index in [0.717, 1.165) is 33.4 Å². The summed E-state index contributed by atoms with van der Waals surface area (Å²) in [4.78, 5) is 21.9. The van der Waals surface area contributed by atoms with Gasteiger partial charge in [-0.2, -0.15) is 0 Å². The van der Waals surface area contributed by atoms with Crippen molar-refractivity contribution < 1.29 is 54.7 Å². The van der Waals surface area contributed by atoms with Gasteiger partial charge in [-0.25, -0.2) is 0 Å². The van der Waals surface area contributed by atoms with Crippen LogP contribution in [-0.2, 0) is 56.3 Å². The minimum absolute atomic E-state index is 0. The first-order valence-electron chi connectivity index (χ1n) is 15.3. The molecule has 11 heteroatoms. The van der Waals surface area contributed by atoms with Crippen LogP contribution in [-0.4, -0.2) is 10.2 Å². The molecule has 2 N–H and O–H groups in total. The predicted octanol–water partition coefficient (Wildman–Crippen LogP) is 8.41. The quantitative estimate of drug-likeness (QED) is 0.205. The Kier molecular flexibility index (Phi) is 16.3. The Balaban J connectivity index is 0.000000842. The first-order valence-corrected chi connectivity index (χ1v) is 17.7. The topological polar surface area (TPSA) is 139 Å². The molecule has 2 aromatic rings. The third kappa shape index (κ3) is 12.8. The van der Waals surface area contributed by atoms with Crippen molar-refractivity contribution >= 4 is 16.5 Å². The van der Waals surface area contributed by atoms with Gasteiger partial charge < -0.3 is 38.2 Å². The molecule has 2 rings (SSSR count). The molecule has 260 valence electrons. The third-order valence-corrected chi connectivity index (χ3v) is 8.41. The van der Waals surface area contributed by atoms with E-state index in [0.29, 0.717) is 12.8 Å². The maximum atomic E-state index is 11.0. The molecule has 0 aliphatic carbocycles. The zero-order chi connectivity index (χ0) is 34.6. The van der Waals surface area contributed by atoms with Gasteiger partial charge in [0, 0.05) is 0 Å². The SMILES string of the molecule is CCC(O[PH](=O)[O-])c1cc(C(C)(C)C)c(O)c(C(C)(C)C)c1.CCC(O[PH](=O)[O-])c1cc(C(C)(C)C)c(O)c(C(C)(C)C)c1.[Ni+2]. The molecule has 4 unspecified atom stereocenters. The van der Waals surface area contributed by atoms with E-state index in [9.17, 15) is 29.1 Å². The fourth-order valence-corrected chi connectivity index (χ4v) is 6.05. The first-order chi connectivity index (χ1) is 19.7. The Hall–Kier alpha value is -1.17. The van der Waals surface area contributed by atoms with E-state index in [1.54, 1.807) is 0 Å².